The van der Waals surface area contributed by atoms with Crippen molar-refractivity contribution in [3.05, 3.63) is 78.1 Å². The number of unbranched alkanes of at least 4 members (excludes halogenated alkanes) is 1. The maximum Gasteiger partial charge on any atom is 0.177 e. The Hall–Kier alpha value is -3.21. The Morgan fingerprint density at radius 2 is 1.74 bits per heavy atom. The van der Waals surface area contributed by atoms with Gasteiger partial charge in [-0.3, -0.25) is 0 Å². The van der Waals surface area contributed by atoms with Crippen LogP contribution in [0.5, 0.6) is 0 Å². The molecule has 0 amide bonds. The standard InChI is InChI=1S/C22H23N5/c1-2-3-7-17-10-12-19(13-11-17)25-21-15-23-22-20(26-21)14-24-27(22)16-18-8-5-4-6-9-18/h4-6,8-15H,2-3,7,16H2,1H3,(H,25,26). The van der Waals surface area contributed by atoms with Crippen LogP contribution in [-0.2, 0) is 13.0 Å². The van der Waals surface area contributed by atoms with E-state index in [-0.39, 0.29) is 0 Å². The van der Waals surface area contributed by atoms with Crippen LogP contribution in [0.1, 0.15) is 30.9 Å². The predicted molar refractivity (Wildman–Crippen MR) is 109 cm³/mol. The molecule has 0 spiro atoms. The summed E-state index contributed by atoms with van der Waals surface area (Å²) < 4.78 is 1.88. The Labute approximate surface area is 159 Å². The predicted octanol–water partition coefficient (Wildman–Crippen LogP) is 4.96. The molecule has 0 bridgehead atoms. The molecule has 5 nitrogen and oxygen atoms in total. The summed E-state index contributed by atoms with van der Waals surface area (Å²) in [6.45, 7) is 2.90. The Morgan fingerprint density at radius 1 is 0.926 bits per heavy atom. The van der Waals surface area contributed by atoms with Crippen molar-refractivity contribution in [2.75, 3.05) is 5.32 Å². The molecule has 0 radical (unpaired) electrons. The first-order valence-electron chi connectivity index (χ1n) is 9.40. The molecular formula is C22H23N5. The molecule has 2 aromatic carbocycles. The van der Waals surface area contributed by atoms with Gasteiger partial charge in [-0.25, -0.2) is 14.6 Å². The van der Waals surface area contributed by atoms with E-state index in [1.807, 2.05) is 22.9 Å². The molecule has 0 aliphatic carbocycles. The molecular weight excluding hydrogens is 334 g/mol. The van der Waals surface area contributed by atoms with Gasteiger partial charge in [0.05, 0.1) is 18.9 Å². The van der Waals surface area contributed by atoms with E-state index >= 15 is 0 Å². The Balaban J connectivity index is 1.49. The minimum atomic E-state index is 0.686. The number of hydrogen-bond donors (Lipinski definition) is 1. The van der Waals surface area contributed by atoms with Gasteiger partial charge in [0.2, 0.25) is 0 Å². The minimum Gasteiger partial charge on any atom is -0.339 e. The molecule has 136 valence electrons. The minimum absolute atomic E-state index is 0.686. The molecule has 0 saturated carbocycles. The van der Waals surface area contributed by atoms with Crippen molar-refractivity contribution in [1.29, 1.82) is 0 Å². The second-order valence-electron chi connectivity index (χ2n) is 6.68. The molecule has 0 fully saturated rings. The summed E-state index contributed by atoms with van der Waals surface area (Å²) >= 11 is 0. The summed E-state index contributed by atoms with van der Waals surface area (Å²) in [5, 5.41) is 7.77. The molecule has 4 aromatic rings. The second-order valence-corrected chi connectivity index (χ2v) is 6.68. The van der Waals surface area contributed by atoms with Crippen LogP contribution in [0.25, 0.3) is 11.2 Å². The van der Waals surface area contributed by atoms with Crippen LogP contribution in [0.15, 0.2) is 67.0 Å². The maximum absolute atomic E-state index is 4.65. The highest BCUT2D eigenvalue weighted by Gasteiger charge is 2.07. The molecule has 0 aliphatic heterocycles. The van der Waals surface area contributed by atoms with E-state index in [4.69, 9.17) is 0 Å². The lowest BCUT2D eigenvalue weighted by atomic mass is 10.1. The van der Waals surface area contributed by atoms with Crippen LogP contribution >= 0.6 is 0 Å². The fraction of sp³-hybridized carbons (Fsp3) is 0.227. The van der Waals surface area contributed by atoms with Gasteiger partial charge in [0.1, 0.15) is 11.3 Å². The van der Waals surface area contributed by atoms with Crippen LogP contribution in [0.2, 0.25) is 0 Å². The SMILES string of the molecule is CCCCc1ccc(Nc2cnc3c(cnn3Cc3ccccc3)n2)cc1. The number of aryl methyl sites for hydroxylation is 1. The number of benzene rings is 2. The summed E-state index contributed by atoms with van der Waals surface area (Å²) in [7, 11) is 0. The Bertz CT molecular complexity index is 1010. The number of hydrogen-bond acceptors (Lipinski definition) is 4. The second kappa shape index (κ2) is 7.99. The van der Waals surface area contributed by atoms with E-state index in [0.29, 0.717) is 6.54 Å². The normalized spacial score (nSPS) is 11.0. The zero-order chi connectivity index (χ0) is 18.5. The number of anilines is 2. The highest BCUT2D eigenvalue weighted by molar-refractivity contribution is 5.72. The molecule has 1 N–H and O–H groups in total. The largest absolute Gasteiger partial charge is 0.339 e. The summed E-state index contributed by atoms with van der Waals surface area (Å²) in [6.07, 6.45) is 7.10. The molecule has 4 rings (SSSR count). The fourth-order valence-electron chi connectivity index (χ4n) is 3.08. The van der Waals surface area contributed by atoms with Crippen molar-refractivity contribution >= 4 is 22.7 Å². The summed E-state index contributed by atoms with van der Waals surface area (Å²) in [5.74, 6) is 0.725. The maximum atomic E-state index is 4.65. The van der Waals surface area contributed by atoms with Crippen LogP contribution < -0.4 is 5.32 Å². The van der Waals surface area contributed by atoms with E-state index in [1.54, 1.807) is 12.4 Å². The zero-order valence-corrected chi connectivity index (χ0v) is 15.5. The molecule has 2 aromatic heterocycles. The highest BCUT2D eigenvalue weighted by atomic mass is 15.3. The van der Waals surface area contributed by atoms with Gasteiger partial charge < -0.3 is 5.32 Å². The molecule has 0 atom stereocenters. The first-order valence-corrected chi connectivity index (χ1v) is 9.40. The van der Waals surface area contributed by atoms with Gasteiger partial charge >= 0.3 is 0 Å². The van der Waals surface area contributed by atoms with Crippen molar-refractivity contribution in [2.24, 2.45) is 0 Å². The van der Waals surface area contributed by atoms with Crippen LogP contribution in [0, 0.1) is 0 Å². The van der Waals surface area contributed by atoms with Crippen LogP contribution in [-0.4, -0.2) is 19.7 Å². The summed E-state index contributed by atoms with van der Waals surface area (Å²) in [4.78, 5) is 9.21. The number of nitrogens with zero attached hydrogens (tertiary/aromatic N) is 4. The van der Waals surface area contributed by atoms with Crippen molar-refractivity contribution < 1.29 is 0 Å². The van der Waals surface area contributed by atoms with Gasteiger partial charge in [0.15, 0.2) is 5.65 Å². The zero-order valence-electron chi connectivity index (χ0n) is 15.5. The third-order valence-corrected chi connectivity index (χ3v) is 4.56. The van der Waals surface area contributed by atoms with Gasteiger partial charge in [0, 0.05) is 5.69 Å². The van der Waals surface area contributed by atoms with Gasteiger partial charge in [-0.2, -0.15) is 5.10 Å². The number of aromatic nitrogens is 4. The van der Waals surface area contributed by atoms with Crippen molar-refractivity contribution in [1.82, 2.24) is 19.7 Å². The monoisotopic (exact) mass is 357 g/mol. The lowest BCUT2D eigenvalue weighted by molar-refractivity contribution is 0.704. The highest BCUT2D eigenvalue weighted by Crippen LogP contribution is 2.18. The van der Waals surface area contributed by atoms with Gasteiger partial charge in [0.25, 0.3) is 0 Å². The van der Waals surface area contributed by atoms with E-state index in [9.17, 15) is 0 Å². The first kappa shape index (κ1) is 17.2. The number of fused-ring (bicyclic) bond motifs is 1. The fourth-order valence-corrected chi connectivity index (χ4v) is 3.08. The van der Waals surface area contributed by atoms with Crippen molar-refractivity contribution in [2.45, 2.75) is 32.7 Å². The van der Waals surface area contributed by atoms with Crippen molar-refractivity contribution in [3.63, 3.8) is 0 Å². The molecule has 0 unspecified atom stereocenters. The molecule has 0 aliphatic rings. The molecule has 2 heterocycles. The lowest BCUT2D eigenvalue weighted by Crippen LogP contribution is -2.03. The van der Waals surface area contributed by atoms with E-state index in [1.165, 1.54) is 24.0 Å². The van der Waals surface area contributed by atoms with Crippen molar-refractivity contribution in [3.8, 4) is 0 Å². The lowest BCUT2D eigenvalue weighted by Gasteiger charge is -2.07. The molecule has 0 saturated heterocycles. The van der Waals surface area contributed by atoms with E-state index in [2.05, 4.69) is 63.7 Å². The van der Waals surface area contributed by atoms with E-state index < -0.39 is 0 Å². The van der Waals surface area contributed by atoms with Crippen LogP contribution in [0.3, 0.4) is 0 Å². The average molecular weight is 357 g/mol. The molecule has 5 heteroatoms. The third-order valence-electron chi connectivity index (χ3n) is 4.56. The first-order chi connectivity index (χ1) is 13.3. The van der Waals surface area contributed by atoms with Gasteiger partial charge in [-0.05, 0) is 36.1 Å². The Morgan fingerprint density at radius 3 is 2.52 bits per heavy atom. The van der Waals surface area contributed by atoms with Gasteiger partial charge in [-0.15, -0.1) is 0 Å². The molecule has 27 heavy (non-hydrogen) atoms. The number of rotatable bonds is 7. The Kier molecular flexibility index (Phi) is 5.10. The smallest absolute Gasteiger partial charge is 0.177 e. The average Bonchev–Trinajstić information content (AvgIpc) is 3.10. The summed E-state index contributed by atoms with van der Waals surface area (Å²) in [6, 6.07) is 18.8. The quantitative estimate of drug-likeness (QED) is 0.508. The number of nitrogens with one attached hydrogen (secondary N) is 1. The van der Waals surface area contributed by atoms with Gasteiger partial charge in [-0.1, -0.05) is 55.8 Å². The third kappa shape index (κ3) is 4.14. The van der Waals surface area contributed by atoms with Crippen LogP contribution in [0.4, 0.5) is 11.5 Å². The summed E-state index contributed by atoms with van der Waals surface area (Å²) in [5.41, 5.74) is 5.15. The van der Waals surface area contributed by atoms with E-state index in [0.717, 1.165) is 29.1 Å². The topological polar surface area (TPSA) is 55.6 Å².